The molecule has 1 rings (SSSR count). The second-order valence-electron chi connectivity index (χ2n) is 4.86. The van der Waals surface area contributed by atoms with Crippen LogP contribution in [-0.2, 0) is 0 Å². The Kier molecular flexibility index (Phi) is 7.94. The van der Waals surface area contributed by atoms with Crippen LogP contribution in [0.5, 0.6) is 0 Å². The van der Waals surface area contributed by atoms with Gasteiger partial charge in [0.1, 0.15) is 5.82 Å². The maximum absolute atomic E-state index is 4.61. The molecule has 0 aromatic carbocycles. The lowest BCUT2D eigenvalue weighted by atomic mass is 10.2. The zero-order chi connectivity index (χ0) is 13.9. The van der Waals surface area contributed by atoms with Gasteiger partial charge in [0.15, 0.2) is 0 Å². The van der Waals surface area contributed by atoms with Crippen molar-refractivity contribution in [2.24, 2.45) is 0 Å². The van der Waals surface area contributed by atoms with Crippen molar-refractivity contribution in [1.82, 2.24) is 9.97 Å². The Bertz CT molecular complexity index is 335. The van der Waals surface area contributed by atoms with Crippen molar-refractivity contribution >= 4 is 11.8 Å². The van der Waals surface area contributed by atoms with Crippen LogP contribution in [0.15, 0.2) is 12.3 Å². The van der Waals surface area contributed by atoms with Crippen molar-refractivity contribution < 1.29 is 0 Å². The van der Waals surface area contributed by atoms with Gasteiger partial charge in [-0.2, -0.15) is 4.98 Å². The third-order valence-electron chi connectivity index (χ3n) is 3.00. The first kappa shape index (κ1) is 15.7. The molecule has 0 fully saturated rings. The molecule has 1 aromatic rings. The van der Waals surface area contributed by atoms with E-state index in [0.29, 0.717) is 0 Å². The SMILES string of the molecule is CCCCCNc1ccnc(N(CCC)CCC)n1. The van der Waals surface area contributed by atoms with E-state index in [1.807, 2.05) is 12.3 Å². The van der Waals surface area contributed by atoms with Crippen LogP contribution in [-0.4, -0.2) is 29.6 Å². The Hall–Kier alpha value is -1.32. The summed E-state index contributed by atoms with van der Waals surface area (Å²) in [5, 5.41) is 3.38. The van der Waals surface area contributed by atoms with Crippen LogP contribution < -0.4 is 10.2 Å². The number of nitrogens with zero attached hydrogens (tertiary/aromatic N) is 3. The zero-order valence-electron chi connectivity index (χ0n) is 12.7. The molecule has 19 heavy (non-hydrogen) atoms. The monoisotopic (exact) mass is 264 g/mol. The molecule has 0 unspecified atom stereocenters. The van der Waals surface area contributed by atoms with Crippen molar-refractivity contribution in [3.05, 3.63) is 12.3 Å². The van der Waals surface area contributed by atoms with Crippen LogP contribution in [0, 0.1) is 0 Å². The molecule has 108 valence electrons. The minimum Gasteiger partial charge on any atom is -0.370 e. The quantitative estimate of drug-likeness (QED) is 0.654. The molecule has 1 aromatic heterocycles. The fourth-order valence-corrected chi connectivity index (χ4v) is 2.04. The molecule has 0 amide bonds. The summed E-state index contributed by atoms with van der Waals surface area (Å²) in [6, 6.07) is 1.95. The lowest BCUT2D eigenvalue weighted by molar-refractivity contribution is 0.719. The molecule has 0 spiro atoms. The Morgan fingerprint density at radius 1 is 1.05 bits per heavy atom. The van der Waals surface area contributed by atoms with Crippen molar-refractivity contribution in [2.75, 3.05) is 29.9 Å². The maximum Gasteiger partial charge on any atom is 0.227 e. The van der Waals surface area contributed by atoms with E-state index >= 15 is 0 Å². The summed E-state index contributed by atoms with van der Waals surface area (Å²) in [6.07, 6.45) is 7.81. The number of hydrogen-bond acceptors (Lipinski definition) is 4. The van der Waals surface area contributed by atoms with E-state index in [1.165, 1.54) is 19.3 Å². The largest absolute Gasteiger partial charge is 0.370 e. The van der Waals surface area contributed by atoms with Crippen molar-refractivity contribution in [3.63, 3.8) is 0 Å². The van der Waals surface area contributed by atoms with E-state index in [0.717, 1.165) is 44.2 Å². The summed E-state index contributed by atoms with van der Waals surface area (Å²) in [4.78, 5) is 11.3. The van der Waals surface area contributed by atoms with Gasteiger partial charge < -0.3 is 10.2 Å². The van der Waals surface area contributed by atoms with Crippen LogP contribution >= 0.6 is 0 Å². The number of rotatable bonds is 10. The van der Waals surface area contributed by atoms with Gasteiger partial charge in [0.2, 0.25) is 5.95 Å². The summed E-state index contributed by atoms with van der Waals surface area (Å²) in [5.74, 6) is 1.79. The highest BCUT2D eigenvalue weighted by molar-refractivity contribution is 5.41. The smallest absolute Gasteiger partial charge is 0.227 e. The average Bonchev–Trinajstić information content (AvgIpc) is 2.44. The predicted molar refractivity (Wildman–Crippen MR) is 82.8 cm³/mol. The van der Waals surface area contributed by atoms with Gasteiger partial charge in [0, 0.05) is 25.8 Å². The highest BCUT2D eigenvalue weighted by Gasteiger charge is 2.07. The first-order valence-electron chi connectivity index (χ1n) is 7.63. The van der Waals surface area contributed by atoms with E-state index in [2.05, 4.69) is 41.0 Å². The normalized spacial score (nSPS) is 10.5. The second kappa shape index (κ2) is 9.59. The number of anilines is 2. The first-order valence-corrected chi connectivity index (χ1v) is 7.63. The van der Waals surface area contributed by atoms with Crippen molar-refractivity contribution in [2.45, 2.75) is 52.9 Å². The summed E-state index contributed by atoms with van der Waals surface area (Å²) < 4.78 is 0. The number of aromatic nitrogens is 2. The summed E-state index contributed by atoms with van der Waals surface area (Å²) >= 11 is 0. The molecule has 4 heteroatoms. The molecule has 0 radical (unpaired) electrons. The van der Waals surface area contributed by atoms with E-state index in [4.69, 9.17) is 0 Å². The number of unbranched alkanes of at least 4 members (excludes halogenated alkanes) is 2. The molecule has 0 aliphatic rings. The highest BCUT2D eigenvalue weighted by atomic mass is 15.3. The van der Waals surface area contributed by atoms with Gasteiger partial charge in [-0.3, -0.25) is 0 Å². The molecule has 4 nitrogen and oxygen atoms in total. The van der Waals surface area contributed by atoms with Gasteiger partial charge in [0.25, 0.3) is 0 Å². The molecule has 0 aliphatic heterocycles. The topological polar surface area (TPSA) is 41.1 Å². The Labute approximate surface area is 117 Å². The second-order valence-corrected chi connectivity index (χ2v) is 4.86. The van der Waals surface area contributed by atoms with E-state index in [1.54, 1.807) is 0 Å². The minimum absolute atomic E-state index is 0.851. The Morgan fingerprint density at radius 3 is 2.42 bits per heavy atom. The molecule has 0 saturated heterocycles. The molecule has 0 bridgehead atoms. The fraction of sp³-hybridized carbons (Fsp3) is 0.733. The average molecular weight is 264 g/mol. The minimum atomic E-state index is 0.851. The van der Waals surface area contributed by atoms with Gasteiger partial charge in [-0.15, -0.1) is 0 Å². The standard InChI is InChI=1S/C15H28N4/c1-4-7-8-10-16-14-9-11-17-15(18-14)19(12-5-2)13-6-3/h9,11H,4-8,10,12-13H2,1-3H3,(H,16,17,18). The number of hydrogen-bond donors (Lipinski definition) is 1. The lowest BCUT2D eigenvalue weighted by Crippen LogP contribution is -2.27. The Morgan fingerprint density at radius 2 is 1.79 bits per heavy atom. The van der Waals surface area contributed by atoms with Gasteiger partial charge in [-0.1, -0.05) is 33.6 Å². The van der Waals surface area contributed by atoms with Crippen LogP contribution in [0.4, 0.5) is 11.8 Å². The van der Waals surface area contributed by atoms with Crippen LogP contribution in [0.25, 0.3) is 0 Å². The van der Waals surface area contributed by atoms with E-state index < -0.39 is 0 Å². The first-order chi connectivity index (χ1) is 9.31. The van der Waals surface area contributed by atoms with E-state index in [9.17, 15) is 0 Å². The molecular formula is C15H28N4. The number of nitrogens with one attached hydrogen (secondary N) is 1. The third-order valence-corrected chi connectivity index (χ3v) is 3.00. The van der Waals surface area contributed by atoms with Crippen LogP contribution in [0.2, 0.25) is 0 Å². The molecule has 0 atom stereocenters. The van der Waals surface area contributed by atoms with Crippen molar-refractivity contribution in [1.29, 1.82) is 0 Å². The van der Waals surface area contributed by atoms with Gasteiger partial charge in [-0.05, 0) is 25.3 Å². The molecular weight excluding hydrogens is 236 g/mol. The van der Waals surface area contributed by atoms with Crippen molar-refractivity contribution in [3.8, 4) is 0 Å². The summed E-state index contributed by atoms with van der Waals surface area (Å²) in [5.41, 5.74) is 0. The predicted octanol–water partition coefficient (Wildman–Crippen LogP) is 3.71. The van der Waals surface area contributed by atoms with E-state index in [-0.39, 0.29) is 0 Å². The molecule has 0 saturated carbocycles. The Balaban J connectivity index is 2.58. The fourth-order valence-electron chi connectivity index (χ4n) is 2.04. The lowest BCUT2D eigenvalue weighted by Gasteiger charge is -2.21. The van der Waals surface area contributed by atoms with Gasteiger partial charge in [0.05, 0.1) is 0 Å². The zero-order valence-corrected chi connectivity index (χ0v) is 12.7. The summed E-state index contributed by atoms with van der Waals surface area (Å²) in [7, 11) is 0. The van der Waals surface area contributed by atoms with Gasteiger partial charge >= 0.3 is 0 Å². The maximum atomic E-state index is 4.61. The molecule has 1 N–H and O–H groups in total. The molecule has 1 heterocycles. The van der Waals surface area contributed by atoms with Crippen LogP contribution in [0.3, 0.4) is 0 Å². The molecule has 0 aliphatic carbocycles. The summed E-state index contributed by atoms with van der Waals surface area (Å²) in [6.45, 7) is 9.63. The van der Waals surface area contributed by atoms with Crippen LogP contribution in [0.1, 0.15) is 52.9 Å². The third kappa shape index (κ3) is 5.90. The van der Waals surface area contributed by atoms with Gasteiger partial charge in [-0.25, -0.2) is 4.98 Å². The highest BCUT2D eigenvalue weighted by Crippen LogP contribution is 2.12.